The fraction of sp³-hybridized carbons (Fsp3) is 0.286. The number of carbonyl (C=O) groups is 1. The van der Waals surface area contributed by atoms with Crippen molar-refractivity contribution in [3.63, 3.8) is 0 Å². The first kappa shape index (κ1) is 20.8. The Labute approximate surface area is 173 Å². The highest BCUT2D eigenvalue weighted by Gasteiger charge is 2.17. The second kappa shape index (κ2) is 9.54. The van der Waals surface area contributed by atoms with E-state index in [1.807, 2.05) is 0 Å². The van der Waals surface area contributed by atoms with Crippen LogP contribution in [-0.2, 0) is 27.5 Å². The second-order valence-electron chi connectivity index (χ2n) is 6.05. The Kier molecular flexibility index (Phi) is 6.85. The highest BCUT2D eigenvalue weighted by molar-refractivity contribution is 6.30. The average Bonchev–Trinajstić information content (AvgIpc) is 2.75. The van der Waals surface area contributed by atoms with Gasteiger partial charge >= 0.3 is 5.97 Å². The highest BCUT2D eigenvalue weighted by atomic mass is 35.5. The first-order chi connectivity index (χ1) is 14.0. The zero-order chi connectivity index (χ0) is 20.8. The largest absolute Gasteiger partial charge is 0.496 e. The lowest BCUT2D eigenvalue weighted by atomic mass is 10.1. The van der Waals surface area contributed by atoms with Crippen molar-refractivity contribution in [1.82, 2.24) is 0 Å². The van der Waals surface area contributed by atoms with Gasteiger partial charge < -0.3 is 28.4 Å². The summed E-state index contributed by atoms with van der Waals surface area (Å²) in [5.41, 5.74) is 2.14. The predicted octanol–water partition coefficient (Wildman–Crippen LogP) is 3.99. The fourth-order valence-corrected chi connectivity index (χ4v) is 3.17. The van der Waals surface area contributed by atoms with Gasteiger partial charge in [0.25, 0.3) is 0 Å². The number of halogens is 1. The van der Waals surface area contributed by atoms with Gasteiger partial charge in [0.05, 0.1) is 27.9 Å². The molecule has 0 unspecified atom stereocenters. The molecule has 154 valence electrons. The topological polar surface area (TPSA) is 72.5 Å². The lowest BCUT2D eigenvalue weighted by Crippen LogP contribution is -2.14. The fourth-order valence-electron chi connectivity index (χ4n) is 2.90. The third-order valence-corrected chi connectivity index (χ3v) is 4.47. The highest BCUT2D eigenvalue weighted by Crippen LogP contribution is 2.35. The molecule has 0 amide bonds. The third kappa shape index (κ3) is 4.93. The summed E-state index contributed by atoms with van der Waals surface area (Å²) in [4.78, 5) is 12.2. The van der Waals surface area contributed by atoms with Crippen molar-refractivity contribution in [2.45, 2.75) is 13.2 Å². The summed E-state index contributed by atoms with van der Waals surface area (Å²) in [5, 5.41) is 0.523. The Morgan fingerprint density at radius 3 is 2.52 bits per heavy atom. The van der Waals surface area contributed by atoms with Gasteiger partial charge in [0.2, 0.25) is 0 Å². The van der Waals surface area contributed by atoms with Crippen LogP contribution < -0.4 is 18.9 Å². The molecule has 0 spiro atoms. The van der Waals surface area contributed by atoms with Crippen molar-refractivity contribution in [3.8, 4) is 23.0 Å². The van der Waals surface area contributed by atoms with Gasteiger partial charge in [0.1, 0.15) is 18.1 Å². The van der Waals surface area contributed by atoms with Crippen molar-refractivity contribution < 1.29 is 33.2 Å². The molecule has 0 saturated carbocycles. The Bertz CT molecular complexity index is 924. The maximum atomic E-state index is 12.2. The van der Waals surface area contributed by atoms with Crippen molar-refractivity contribution in [3.05, 3.63) is 52.1 Å². The van der Waals surface area contributed by atoms with Crippen LogP contribution in [0.15, 0.2) is 30.3 Å². The van der Waals surface area contributed by atoms with Gasteiger partial charge in [-0.15, -0.1) is 0 Å². The number of rotatable bonds is 7. The van der Waals surface area contributed by atoms with Crippen molar-refractivity contribution in [2.75, 3.05) is 28.1 Å². The Hall–Kier alpha value is -2.90. The lowest BCUT2D eigenvalue weighted by Gasteiger charge is -2.20. The van der Waals surface area contributed by atoms with E-state index in [2.05, 4.69) is 0 Å². The van der Waals surface area contributed by atoms with E-state index in [-0.39, 0.29) is 13.4 Å². The van der Waals surface area contributed by atoms with Crippen LogP contribution in [0.2, 0.25) is 5.02 Å². The molecule has 7 nitrogen and oxygen atoms in total. The van der Waals surface area contributed by atoms with E-state index >= 15 is 0 Å². The van der Waals surface area contributed by atoms with Crippen LogP contribution in [0.25, 0.3) is 6.08 Å². The predicted molar refractivity (Wildman–Crippen MR) is 107 cm³/mol. The molecule has 3 rings (SSSR count). The average molecular weight is 421 g/mol. The molecule has 1 heterocycles. The smallest absolute Gasteiger partial charge is 0.331 e. The van der Waals surface area contributed by atoms with E-state index in [0.717, 1.165) is 5.56 Å². The van der Waals surface area contributed by atoms with E-state index in [1.54, 1.807) is 30.3 Å². The Balaban J connectivity index is 1.72. The number of hydrogen-bond donors (Lipinski definition) is 0. The number of fused-ring (bicyclic) bond motifs is 1. The standard InChI is InChI=1S/C21H21ClO7/c1-24-17-9-19(26-3)18(25-2)8-13(17)4-5-20(23)28-11-15-7-16(22)6-14-10-27-12-29-21(14)15/h4-9H,10-12H2,1-3H3/b5-4+. The van der Waals surface area contributed by atoms with Gasteiger partial charge in [-0.3, -0.25) is 0 Å². The molecule has 0 N–H and O–H groups in total. The van der Waals surface area contributed by atoms with Crippen molar-refractivity contribution in [2.24, 2.45) is 0 Å². The summed E-state index contributed by atoms with van der Waals surface area (Å²) >= 11 is 6.12. The summed E-state index contributed by atoms with van der Waals surface area (Å²) < 4.78 is 32.0. The Morgan fingerprint density at radius 1 is 1.07 bits per heavy atom. The monoisotopic (exact) mass is 420 g/mol. The van der Waals surface area contributed by atoms with Gasteiger partial charge in [-0.05, 0) is 24.3 Å². The number of ether oxygens (including phenoxy) is 6. The maximum Gasteiger partial charge on any atom is 0.331 e. The molecule has 29 heavy (non-hydrogen) atoms. The SMILES string of the molecule is COc1cc(OC)c(OC)cc1/C=C/C(=O)OCc1cc(Cl)cc2c1OCOC2. The van der Waals surface area contributed by atoms with Gasteiger partial charge in [0, 0.05) is 33.9 Å². The summed E-state index contributed by atoms with van der Waals surface area (Å²) in [7, 11) is 4.60. The number of esters is 1. The summed E-state index contributed by atoms with van der Waals surface area (Å²) in [6.45, 7) is 0.569. The second-order valence-corrected chi connectivity index (χ2v) is 6.49. The van der Waals surface area contributed by atoms with Crippen LogP contribution in [-0.4, -0.2) is 34.1 Å². The van der Waals surface area contributed by atoms with Crippen molar-refractivity contribution in [1.29, 1.82) is 0 Å². The van der Waals surface area contributed by atoms with Gasteiger partial charge in [-0.25, -0.2) is 4.79 Å². The zero-order valence-corrected chi connectivity index (χ0v) is 17.1. The maximum absolute atomic E-state index is 12.2. The van der Waals surface area contributed by atoms with E-state index in [1.165, 1.54) is 27.4 Å². The van der Waals surface area contributed by atoms with E-state index in [9.17, 15) is 4.79 Å². The molecular weight excluding hydrogens is 400 g/mol. The number of methoxy groups -OCH3 is 3. The first-order valence-electron chi connectivity index (χ1n) is 8.72. The summed E-state index contributed by atoms with van der Waals surface area (Å²) in [6.07, 6.45) is 2.89. The first-order valence-corrected chi connectivity index (χ1v) is 9.10. The van der Waals surface area contributed by atoms with Crippen LogP contribution >= 0.6 is 11.6 Å². The molecule has 0 atom stereocenters. The Morgan fingerprint density at radius 2 is 1.79 bits per heavy atom. The van der Waals surface area contributed by atoms with Crippen molar-refractivity contribution >= 4 is 23.6 Å². The minimum atomic E-state index is -0.525. The molecule has 8 heteroatoms. The normalized spacial score (nSPS) is 12.8. The molecule has 0 bridgehead atoms. The quantitative estimate of drug-likeness (QED) is 0.495. The molecule has 2 aromatic carbocycles. The molecule has 1 aliphatic rings. The molecule has 0 aliphatic carbocycles. The minimum Gasteiger partial charge on any atom is -0.496 e. The van der Waals surface area contributed by atoms with Gasteiger partial charge in [0.15, 0.2) is 18.3 Å². The number of hydrogen-bond acceptors (Lipinski definition) is 7. The van der Waals surface area contributed by atoms with Gasteiger partial charge in [-0.2, -0.15) is 0 Å². The van der Waals surface area contributed by atoms with E-state index < -0.39 is 5.97 Å². The minimum absolute atomic E-state index is 0.0230. The van der Waals surface area contributed by atoms with Crippen LogP contribution in [0.1, 0.15) is 16.7 Å². The summed E-state index contributed by atoms with van der Waals surface area (Å²) in [5.74, 6) is 1.69. The molecule has 0 radical (unpaired) electrons. The van der Waals surface area contributed by atoms with Crippen LogP contribution in [0.5, 0.6) is 23.0 Å². The van der Waals surface area contributed by atoms with Crippen LogP contribution in [0.3, 0.4) is 0 Å². The lowest BCUT2D eigenvalue weighted by molar-refractivity contribution is -0.139. The number of benzene rings is 2. The third-order valence-electron chi connectivity index (χ3n) is 4.26. The van der Waals surface area contributed by atoms with E-state index in [0.29, 0.717) is 45.8 Å². The molecule has 1 aliphatic heterocycles. The van der Waals surface area contributed by atoms with E-state index in [4.69, 9.17) is 40.0 Å². The van der Waals surface area contributed by atoms with Gasteiger partial charge in [-0.1, -0.05) is 11.6 Å². The number of carbonyl (C=O) groups excluding carboxylic acids is 1. The zero-order valence-electron chi connectivity index (χ0n) is 16.3. The van der Waals surface area contributed by atoms with Crippen LogP contribution in [0.4, 0.5) is 0 Å². The summed E-state index contributed by atoms with van der Waals surface area (Å²) in [6, 6.07) is 6.87. The molecule has 0 fully saturated rings. The molecule has 0 aromatic heterocycles. The molecule has 0 saturated heterocycles. The molecule has 2 aromatic rings. The van der Waals surface area contributed by atoms with Crippen LogP contribution in [0, 0.1) is 0 Å². The molecular formula is C21H21ClO7.